The van der Waals surface area contributed by atoms with Crippen LogP contribution in [-0.4, -0.2) is 37.3 Å². The molecule has 0 unspecified atom stereocenters. The van der Waals surface area contributed by atoms with Gasteiger partial charge in [-0.3, -0.25) is 0 Å². The normalized spacial score (nSPS) is 12.7. The monoisotopic (exact) mass is 414 g/mol. The highest BCUT2D eigenvalue weighted by Gasteiger charge is 2.38. The second-order valence-electron chi connectivity index (χ2n) is 5.97. The van der Waals surface area contributed by atoms with Crippen molar-refractivity contribution < 1.29 is 25.5 Å². The molecular formula is C14H15ClF4N4O2S. The van der Waals surface area contributed by atoms with Gasteiger partial charge in [-0.15, -0.1) is 8.98 Å². The minimum absolute atomic E-state index is 0.0946. The van der Waals surface area contributed by atoms with Crippen molar-refractivity contribution in [3.8, 4) is 5.69 Å². The largest absolute Gasteiger partial charge is 0.453 e. The molecular weight excluding hydrogens is 400 g/mol. The van der Waals surface area contributed by atoms with Crippen molar-refractivity contribution in [2.24, 2.45) is 0 Å². The van der Waals surface area contributed by atoms with E-state index in [2.05, 4.69) is 10.1 Å². The van der Waals surface area contributed by atoms with Crippen molar-refractivity contribution in [3.63, 3.8) is 0 Å². The minimum Gasteiger partial charge on any atom is -0.347 e. The third-order valence-electron chi connectivity index (χ3n) is 3.44. The fraction of sp³-hybridized carbons (Fsp3) is 0.429. The average molecular weight is 415 g/mol. The van der Waals surface area contributed by atoms with Crippen LogP contribution in [0.4, 0.5) is 23.0 Å². The van der Waals surface area contributed by atoms with Gasteiger partial charge in [0.05, 0.1) is 10.7 Å². The van der Waals surface area contributed by atoms with E-state index in [1.54, 1.807) is 13.8 Å². The van der Waals surface area contributed by atoms with Crippen molar-refractivity contribution in [2.75, 3.05) is 19.0 Å². The minimum atomic E-state index is -5.14. The zero-order chi connectivity index (χ0) is 20.0. The average Bonchev–Trinajstić information content (AvgIpc) is 2.90. The van der Waals surface area contributed by atoms with Crippen LogP contribution < -0.4 is 4.90 Å². The molecule has 2 aromatic rings. The van der Waals surface area contributed by atoms with Crippen molar-refractivity contribution in [1.82, 2.24) is 14.8 Å². The Kier molecular flexibility index (Phi) is 5.26. The maximum Gasteiger partial charge on any atom is 0.453 e. The van der Waals surface area contributed by atoms with E-state index in [0.29, 0.717) is 0 Å². The van der Waals surface area contributed by atoms with Gasteiger partial charge in [0.1, 0.15) is 4.90 Å². The van der Waals surface area contributed by atoms with Crippen molar-refractivity contribution in [2.45, 2.75) is 30.8 Å². The second-order valence-corrected chi connectivity index (χ2v) is 7.70. The summed E-state index contributed by atoms with van der Waals surface area (Å²) >= 11 is 6.12. The molecule has 0 aliphatic carbocycles. The molecule has 26 heavy (non-hydrogen) atoms. The fourth-order valence-corrected chi connectivity index (χ4v) is 3.34. The lowest BCUT2D eigenvalue weighted by Crippen LogP contribution is -2.16. The van der Waals surface area contributed by atoms with E-state index in [-0.39, 0.29) is 22.2 Å². The highest BCUT2D eigenvalue weighted by molar-refractivity contribution is 7.86. The first-order chi connectivity index (χ1) is 11.7. The number of aromatic nitrogens is 3. The van der Waals surface area contributed by atoms with Crippen molar-refractivity contribution in [3.05, 3.63) is 28.5 Å². The zero-order valence-electron chi connectivity index (χ0n) is 14.1. The fourth-order valence-electron chi connectivity index (χ4n) is 2.26. The number of nitrogens with zero attached hydrogens (tertiary/aromatic N) is 4. The Morgan fingerprint density at radius 2 is 1.81 bits per heavy atom. The molecule has 1 aromatic heterocycles. The summed E-state index contributed by atoms with van der Waals surface area (Å²) in [6.45, 7) is 3.25. The topological polar surface area (TPSA) is 68.1 Å². The summed E-state index contributed by atoms with van der Waals surface area (Å²) in [7, 11) is -2.30. The molecule has 0 atom stereocenters. The third-order valence-corrected chi connectivity index (χ3v) is 4.62. The van der Waals surface area contributed by atoms with Gasteiger partial charge in [0, 0.05) is 14.1 Å². The summed E-state index contributed by atoms with van der Waals surface area (Å²) in [6.07, 6.45) is -4.82. The van der Waals surface area contributed by atoms with E-state index in [9.17, 15) is 25.5 Å². The van der Waals surface area contributed by atoms with Gasteiger partial charge in [0.2, 0.25) is 5.95 Å². The summed E-state index contributed by atoms with van der Waals surface area (Å²) < 4.78 is 76.3. The summed E-state index contributed by atoms with van der Waals surface area (Å²) in [5.41, 5.74) is -0.136. The molecule has 0 bridgehead atoms. The third kappa shape index (κ3) is 3.93. The van der Waals surface area contributed by atoms with E-state index < -0.39 is 33.0 Å². The summed E-state index contributed by atoms with van der Waals surface area (Å²) in [5, 5.41) is 3.27. The van der Waals surface area contributed by atoms with Crippen LogP contribution in [-0.2, 0) is 16.4 Å². The SMILES string of the molecule is CC(C)c1cc(Cl)c(-n2nc(C(F)(F)F)nc2N(C)C)cc1S(=O)(=O)F. The first kappa shape index (κ1) is 20.4. The van der Waals surface area contributed by atoms with E-state index in [0.717, 1.165) is 10.7 Å². The summed E-state index contributed by atoms with van der Waals surface area (Å²) in [5.74, 6) is -2.08. The molecule has 0 aliphatic heterocycles. The standard InChI is InChI=1S/C14H15ClF4N4O2S/c1-7(2)8-5-9(15)10(6-11(8)26(19,24)25)23-13(22(3)4)20-12(21-23)14(16,17)18/h5-7H,1-4H3. The molecule has 2 rings (SSSR count). The highest BCUT2D eigenvalue weighted by Crippen LogP contribution is 2.35. The molecule has 12 heteroatoms. The van der Waals surface area contributed by atoms with Crippen LogP contribution in [0.1, 0.15) is 31.2 Å². The van der Waals surface area contributed by atoms with Crippen LogP contribution >= 0.6 is 11.6 Å². The zero-order valence-corrected chi connectivity index (χ0v) is 15.7. The molecule has 1 aromatic carbocycles. The molecule has 6 nitrogen and oxygen atoms in total. The first-order valence-electron chi connectivity index (χ1n) is 7.23. The Hall–Kier alpha value is -1.88. The molecule has 1 heterocycles. The lowest BCUT2D eigenvalue weighted by atomic mass is 10.0. The molecule has 0 aliphatic rings. The van der Waals surface area contributed by atoms with Gasteiger partial charge in [-0.2, -0.15) is 31.3 Å². The Balaban J connectivity index is 2.83. The number of anilines is 1. The maximum atomic E-state index is 13.7. The molecule has 0 saturated carbocycles. The number of benzene rings is 1. The van der Waals surface area contributed by atoms with Gasteiger partial charge < -0.3 is 4.90 Å². The van der Waals surface area contributed by atoms with E-state index >= 15 is 0 Å². The molecule has 144 valence electrons. The lowest BCUT2D eigenvalue weighted by Gasteiger charge is -2.16. The molecule has 0 spiro atoms. The molecule has 0 fully saturated rings. The molecule has 0 saturated heterocycles. The summed E-state index contributed by atoms with van der Waals surface area (Å²) in [4.78, 5) is 3.95. The number of rotatable bonds is 4. The molecule has 0 amide bonds. The summed E-state index contributed by atoms with van der Waals surface area (Å²) in [6, 6.07) is 2.05. The number of hydrogen-bond donors (Lipinski definition) is 0. The Morgan fingerprint density at radius 3 is 2.23 bits per heavy atom. The Bertz CT molecular complexity index is 939. The Labute approximate surface area is 152 Å². The predicted molar refractivity (Wildman–Crippen MR) is 88.1 cm³/mol. The maximum absolute atomic E-state index is 13.7. The number of hydrogen-bond acceptors (Lipinski definition) is 5. The van der Waals surface area contributed by atoms with Gasteiger partial charge in [-0.05, 0) is 23.6 Å². The van der Waals surface area contributed by atoms with Crippen LogP contribution in [0.15, 0.2) is 17.0 Å². The van der Waals surface area contributed by atoms with Crippen LogP contribution in [0.25, 0.3) is 5.69 Å². The number of halogens is 5. The molecule has 0 N–H and O–H groups in total. The van der Waals surface area contributed by atoms with Crippen molar-refractivity contribution >= 4 is 27.8 Å². The van der Waals surface area contributed by atoms with Gasteiger partial charge in [-0.1, -0.05) is 25.4 Å². The Morgan fingerprint density at radius 1 is 1.23 bits per heavy atom. The van der Waals surface area contributed by atoms with Crippen LogP contribution in [0.3, 0.4) is 0 Å². The van der Waals surface area contributed by atoms with Gasteiger partial charge in [0.25, 0.3) is 5.82 Å². The highest BCUT2D eigenvalue weighted by atomic mass is 35.5. The van der Waals surface area contributed by atoms with Crippen molar-refractivity contribution in [1.29, 1.82) is 0 Å². The lowest BCUT2D eigenvalue weighted by molar-refractivity contribution is -0.144. The van der Waals surface area contributed by atoms with E-state index in [1.165, 1.54) is 25.1 Å². The van der Waals surface area contributed by atoms with E-state index in [4.69, 9.17) is 11.6 Å². The quantitative estimate of drug-likeness (QED) is 0.562. The van der Waals surface area contributed by atoms with Gasteiger partial charge in [-0.25, -0.2) is 0 Å². The van der Waals surface area contributed by atoms with Crippen LogP contribution in [0, 0.1) is 0 Å². The van der Waals surface area contributed by atoms with Crippen LogP contribution in [0.2, 0.25) is 5.02 Å². The second kappa shape index (κ2) is 6.69. The van der Waals surface area contributed by atoms with Gasteiger partial charge in [0.15, 0.2) is 0 Å². The predicted octanol–water partition coefficient (Wildman–Crippen LogP) is 3.79. The molecule has 0 radical (unpaired) electrons. The smallest absolute Gasteiger partial charge is 0.347 e. The van der Waals surface area contributed by atoms with Crippen LogP contribution in [0.5, 0.6) is 0 Å². The first-order valence-corrected chi connectivity index (χ1v) is 8.99. The van der Waals surface area contributed by atoms with E-state index in [1.807, 2.05) is 0 Å². The van der Waals surface area contributed by atoms with Gasteiger partial charge >= 0.3 is 16.4 Å². The number of alkyl halides is 3.